The van der Waals surface area contributed by atoms with Crippen LogP contribution in [-0.2, 0) is 22.7 Å². The highest BCUT2D eigenvalue weighted by molar-refractivity contribution is 5.92. The summed E-state index contributed by atoms with van der Waals surface area (Å²) < 4.78 is 5.26. The number of carboxylic acids is 1. The number of aliphatic carboxylic acids is 1. The summed E-state index contributed by atoms with van der Waals surface area (Å²) >= 11 is 0. The van der Waals surface area contributed by atoms with Crippen LogP contribution in [0.25, 0.3) is 0 Å². The molecule has 1 aliphatic rings. The molecule has 1 atom stereocenters. The zero-order valence-corrected chi connectivity index (χ0v) is 9.90. The first-order valence-corrected chi connectivity index (χ1v) is 5.56. The van der Waals surface area contributed by atoms with Crippen LogP contribution in [0.5, 0.6) is 0 Å². The van der Waals surface area contributed by atoms with Crippen LogP contribution in [0.15, 0.2) is 18.2 Å². The van der Waals surface area contributed by atoms with Gasteiger partial charge in [-0.25, -0.2) is 4.79 Å². The van der Waals surface area contributed by atoms with E-state index in [-0.39, 0.29) is 0 Å². The van der Waals surface area contributed by atoms with Gasteiger partial charge in [-0.05, 0) is 30.2 Å². The van der Waals surface area contributed by atoms with Crippen LogP contribution < -0.4 is 10.6 Å². The molecule has 0 saturated carbocycles. The molecule has 1 aromatic carbocycles. The second kappa shape index (κ2) is 5.05. The summed E-state index contributed by atoms with van der Waals surface area (Å²) in [5.74, 6) is -1.08. The minimum Gasteiger partial charge on any atom is -0.480 e. The fraction of sp³-hybridized carbons (Fsp3) is 0.333. The predicted molar refractivity (Wildman–Crippen MR) is 64.2 cm³/mol. The molecule has 18 heavy (non-hydrogen) atoms. The molecular formula is C12H14N2O4. The Hall–Kier alpha value is -2.08. The molecule has 3 N–H and O–H groups in total. The Labute approximate surface area is 104 Å². The molecule has 1 aromatic rings. The van der Waals surface area contributed by atoms with E-state index >= 15 is 0 Å². The number of anilines is 1. The number of fused-ring (bicyclic) bond motifs is 1. The van der Waals surface area contributed by atoms with Gasteiger partial charge in [0.05, 0.1) is 13.2 Å². The van der Waals surface area contributed by atoms with E-state index in [0.717, 1.165) is 11.1 Å². The standard InChI is InChI=1S/C12H14N2O4/c1-7(11(15)16)13-12(17)14-10-3-2-8-5-18-6-9(8)4-10/h2-4,7H,5-6H2,1H3,(H,15,16)(H2,13,14,17). The maximum Gasteiger partial charge on any atom is 0.325 e. The number of carboxylic acid groups (broad SMARTS) is 1. The lowest BCUT2D eigenvalue weighted by molar-refractivity contribution is -0.138. The molecule has 2 rings (SSSR count). The van der Waals surface area contributed by atoms with Gasteiger partial charge in [-0.2, -0.15) is 0 Å². The number of hydrogen-bond donors (Lipinski definition) is 3. The molecule has 0 saturated heterocycles. The summed E-state index contributed by atoms with van der Waals surface area (Å²) in [6.45, 7) is 2.54. The van der Waals surface area contributed by atoms with Crippen LogP contribution >= 0.6 is 0 Å². The number of nitrogens with one attached hydrogen (secondary N) is 2. The number of urea groups is 1. The molecule has 2 amide bonds. The van der Waals surface area contributed by atoms with E-state index in [1.54, 1.807) is 6.07 Å². The largest absolute Gasteiger partial charge is 0.480 e. The topological polar surface area (TPSA) is 87.7 Å². The van der Waals surface area contributed by atoms with Crippen molar-refractivity contribution in [2.45, 2.75) is 26.2 Å². The molecule has 1 aliphatic heterocycles. The molecule has 0 fully saturated rings. The SMILES string of the molecule is CC(NC(=O)Nc1ccc2c(c1)COC2)C(=O)O. The van der Waals surface area contributed by atoms with Gasteiger partial charge in [0.1, 0.15) is 6.04 Å². The van der Waals surface area contributed by atoms with Crippen LogP contribution in [0.2, 0.25) is 0 Å². The van der Waals surface area contributed by atoms with Crippen LogP contribution in [-0.4, -0.2) is 23.1 Å². The minimum absolute atomic E-state index is 0.538. The van der Waals surface area contributed by atoms with Gasteiger partial charge >= 0.3 is 12.0 Å². The average molecular weight is 250 g/mol. The maximum absolute atomic E-state index is 11.5. The number of rotatable bonds is 3. The second-order valence-corrected chi connectivity index (χ2v) is 4.13. The van der Waals surface area contributed by atoms with E-state index in [2.05, 4.69) is 10.6 Å². The molecule has 0 aromatic heterocycles. The lowest BCUT2D eigenvalue weighted by Gasteiger charge is -2.11. The fourth-order valence-corrected chi connectivity index (χ4v) is 1.68. The zero-order valence-electron chi connectivity index (χ0n) is 9.90. The first kappa shape index (κ1) is 12.4. The minimum atomic E-state index is -1.08. The zero-order chi connectivity index (χ0) is 13.1. The maximum atomic E-state index is 11.5. The molecule has 0 radical (unpaired) electrons. The Morgan fingerprint density at radius 3 is 2.78 bits per heavy atom. The summed E-state index contributed by atoms with van der Waals surface area (Å²) in [5, 5.41) is 13.6. The van der Waals surface area contributed by atoms with Gasteiger partial charge < -0.3 is 20.5 Å². The molecule has 1 unspecified atom stereocenters. The molecule has 0 spiro atoms. The first-order chi connectivity index (χ1) is 8.56. The lowest BCUT2D eigenvalue weighted by atomic mass is 10.1. The number of benzene rings is 1. The van der Waals surface area contributed by atoms with Crippen molar-refractivity contribution >= 4 is 17.7 Å². The van der Waals surface area contributed by atoms with E-state index < -0.39 is 18.0 Å². The molecule has 1 heterocycles. The Morgan fingerprint density at radius 2 is 2.06 bits per heavy atom. The smallest absolute Gasteiger partial charge is 0.325 e. The van der Waals surface area contributed by atoms with Crippen molar-refractivity contribution in [3.63, 3.8) is 0 Å². The third-order valence-electron chi connectivity index (χ3n) is 2.70. The van der Waals surface area contributed by atoms with Gasteiger partial charge in [0.2, 0.25) is 0 Å². The van der Waals surface area contributed by atoms with Gasteiger partial charge in [-0.3, -0.25) is 4.79 Å². The molecule has 6 heteroatoms. The third kappa shape index (κ3) is 2.78. The monoisotopic (exact) mass is 250 g/mol. The molecule has 0 aliphatic carbocycles. The fourth-order valence-electron chi connectivity index (χ4n) is 1.68. The van der Waals surface area contributed by atoms with Crippen molar-refractivity contribution in [1.29, 1.82) is 0 Å². The number of carbonyl (C=O) groups excluding carboxylic acids is 1. The van der Waals surface area contributed by atoms with Gasteiger partial charge in [-0.1, -0.05) is 6.07 Å². The number of ether oxygens (including phenoxy) is 1. The Bertz CT molecular complexity index is 487. The Kier molecular flexibility index (Phi) is 3.47. The van der Waals surface area contributed by atoms with E-state index in [1.807, 2.05) is 12.1 Å². The predicted octanol–water partition coefficient (Wildman–Crippen LogP) is 1.31. The Morgan fingerprint density at radius 1 is 1.33 bits per heavy atom. The number of carbonyl (C=O) groups is 2. The quantitative estimate of drug-likeness (QED) is 0.754. The third-order valence-corrected chi connectivity index (χ3v) is 2.70. The number of amides is 2. The summed E-state index contributed by atoms with van der Waals surface area (Å²) in [6.07, 6.45) is 0. The second-order valence-electron chi connectivity index (χ2n) is 4.13. The first-order valence-electron chi connectivity index (χ1n) is 5.56. The summed E-state index contributed by atoms with van der Waals surface area (Å²) in [5.41, 5.74) is 2.77. The van der Waals surface area contributed by atoms with Crippen LogP contribution in [0.1, 0.15) is 18.1 Å². The van der Waals surface area contributed by atoms with Crippen LogP contribution in [0.3, 0.4) is 0 Å². The lowest BCUT2D eigenvalue weighted by Crippen LogP contribution is -2.40. The van der Waals surface area contributed by atoms with E-state index in [1.165, 1.54) is 6.92 Å². The Balaban J connectivity index is 1.97. The molecule has 96 valence electrons. The highest BCUT2D eigenvalue weighted by atomic mass is 16.5. The molecule has 6 nitrogen and oxygen atoms in total. The number of hydrogen-bond acceptors (Lipinski definition) is 3. The van der Waals surface area contributed by atoms with Crippen LogP contribution in [0, 0.1) is 0 Å². The van der Waals surface area contributed by atoms with Gasteiger partial charge in [-0.15, -0.1) is 0 Å². The summed E-state index contributed by atoms with van der Waals surface area (Å²) in [4.78, 5) is 22.1. The van der Waals surface area contributed by atoms with Crippen molar-refractivity contribution in [2.75, 3.05) is 5.32 Å². The van der Waals surface area contributed by atoms with E-state index in [9.17, 15) is 9.59 Å². The summed E-state index contributed by atoms with van der Waals surface area (Å²) in [6, 6.07) is 4.01. The van der Waals surface area contributed by atoms with Gasteiger partial charge in [0, 0.05) is 5.69 Å². The highest BCUT2D eigenvalue weighted by Gasteiger charge is 2.15. The molecule has 0 bridgehead atoms. The van der Waals surface area contributed by atoms with E-state index in [0.29, 0.717) is 18.9 Å². The van der Waals surface area contributed by atoms with Crippen molar-refractivity contribution in [3.8, 4) is 0 Å². The summed E-state index contributed by atoms with van der Waals surface area (Å²) in [7, 11) is 0. The van der Waals surface area contributed by atoms with Crippen molar-refractivity contribution < 1.29 is 19.4 Å². The van der Waals surface area contributed by atoms with Crippen LogP contribution in [0.4, 0.5) is 10.5 Å². The highest BCUT2D eigenvalue weighted by Crippen LogP contribution is 2.23. The van der Waals surface area contributed by atoms with Crippen molar-refractivity contribution in [2.24, 2.45) is 0 Å². The van der Waals surface area contributed by atoms with Gasteiger partial charge in [0.15, 0.2) is 0 Å². The normalized spacial score (nSPS) is 14.7. The van der Waals surface area contributed by atoms with Crippen molar-refractivity contribution in [1.82, 2.24) is 5.32 Å². The average Bonchev–Trinajstić information content (AvgIpc) is 2.75. The molecular weight excluding hydrogens is 236 g/mol. The van der Waals surface area contributed by atoms with E-state index in [4.69, 9.17) is 9.84 Å². The van der Waals surface area contributed by atoms with Gasteiger partial charge in [0.25, 0.3) is 0 Å². The van der Waals surface area contributed by atoms with Crippen molar-refractivity contribution in [3.05, 3.63) is 29.3 Å².